The van der Waals surface area contributed by atoms with Gasteiger partial charge in [-0.05, 0) is 68.5 Å². The van der Waals surface area contributed by atoms with Gasteiger partial charge in [-0.2, -0.15) is 0 Å². The summed E-state index contributed by atoms with van der Waals surface area (Å²) in [4.78, 5) is 31.7. The van der Waals surface area contributed by atoms with Crippen molar-refractivity contribution in [3.05, 3.63) is 45.1 Å². The summed E-state index contributed by atoms with van der Waals surface area (Å²) in [5, 5.41) is 5.35. The highest BCUT2D eigenvalue weighted by molar-refractivity contribution is 7.19. The third-order valence-electron chi connectivity index (χ3n) is 7.25. The molecule has 170 valence electrons. The van der Waals surface area contributed by atoms with Crippen molar-refractivity contribution in [3.8, 4) is 0 Å². The van der Waals surface area contributed by atoms with Gasteiger partial charge in [0.1, 0.15) is 11.2 Å². The van der Waals surface area contributed by atoms with E-state index in [1.807, 2.05) is 30.5 Å². The second-order valence-electron chi connectivity index (χ2n) is 9.61. The van der Waals surface area contributed by atoms with E-state index in [0.29, 0.717) is 18.8 Å². The summed E-state index contributed by atoms with van der Waals surface area (Å²) in [6.45, 7) is 7.32. The summed E-state index contributed by atoms with van der Waals surface area (Å²) in [5.41, 5.74) is 0.843. The number of carbonyl (C=O) groups is 2. The maximum Gasteiger partial charge on any atom is 0.271 e. The van der Waals surface area contributed by atoms with Gasteiger partial charge in [0.15, 0.2) is 0 Å². The average molecular weight is 470 g/mol. The van der Waals surface area contributed by atoms with Crippen LogP contribution in [0.3, 0.4) is 0 Å². The van der Waals surface area contributed by atoms with Crippen LogP contribution in [-0.2, 0) is 24.3 Å². The van der Waals surface area contributed by atoms with Crippen molar-refractivity contribution in [3.63, 3.8) is 0 Å². The van der Waals surface area contributed by atoms with Crippen LogP contribution >= 0.6 is 22.7 Å². The van der Waals surface area contributed by atoms with E-state index < -0.39 is 5.54 Å². The van der Waals surface area contributed by atoms with Crippen LogP contribution in [0, 0.1) is 5.92 Å². The number of fused-ring (bicyclic) bond motifs is 3. The number of aryl methyl sites for hydroxylation is 1. The molecule has 0 radical (unpaired) electrons. The highest BCUT2D eigenvalue weighted by atomic mass is 32.1. The van der Waals surface area contributed by atoms with Gasteiger partial charge >= 0.3 is 0 Å². The van der Waals surface area contributed by atoms with E-state index in [4.69, 9.17) is 0 Å². The van der Waals surface area contributed by atoms with Gasteiger partial charge in [-0.25, -0.2) is 0 Å². The zero-order valence-corrected chi connectivity index (χ0v) is 20.7. The van der Waals surface area contributed by atoms with Crippen molar-refractivity contribution in [2.45, 2.75) is 77.5 Å². The first-order valence-electron chi connectivity index (χ1n) is 11.7. The number of aromatic nitrogens is 1. The smallest absolute Gasteiger partial charge is 0.271 e. The number of nitrogens with one attached hydrogen (secondary N) is 1. The molecule has 3 aromatic heterocycles. The van der Waals surface area contributed by atoms with Crippen LogP contribution in [-0.4, -0.2) is 32.9 Å². The molecule has 4 heterocycles. The zero-order valence-electron chi connectivity index (χ0n) is 19.0. The van der Waals surface area contributed by atoms with Crippen molar-refractivity contribution in [1.82, 2.24) is 14.8 Å². The van der Waals surface area contributed by atoms with E-state index in [2.05, 4.69) is 29.8 Å². The molecule has 3 aromatic rings. The lowest BCUT2D eigenvalue weighted by molar-refractivity contribution is -0.134. The Balaban J connectivity index is 1.51. The number of rotatable bonds is 5. The minimum atomic E-state index is -0.933. The third kappa shape index (κ3) is 3.69. The topological polar surface area (TPSA) is 54.3 Å². The van der Waals surface area contributed by atoms with E-state index >= 15 is 0 Å². The maximum absolute atomic E-state index is 13.8. The fourth-order valence-electron chi connectivity index (χ4n) is 5.11. The van der Waals surface area contributed by atoms with Gasteiger partial charge in [0, 0.05) is 15.8 Å². The molecule has 0 saturated heterocycles. The summed E-state index contributed by atoms with van der Waals surface area (Å²) < 4.78 is 3.22. The Bertz CT molecular complexity index is 1140. The number of carbonyl (C=O) groups excluding carboxylic acids is 2. The summed E-state index contributed by atoms with van der Waals surface area (Å²) in [7, 11) is 0. The number of hydrogen-bond acceptors (Lipinski definition) is 4. The fraction of sp³-hybridized carbons (Fsp3) is 0.520. The van der Waals surface area contributed by atoms with Gasteiger partial charge in [0.05, 0.1) is 23.3 Å². The number of nitrogens with zero attached hydrogens (tertiary/aromatic N) is 2. The molecule has 5 nitrogen and oxygen atoms in total. The van der Waals surface area contributed by atoms with Crippen LogP contribution in [0.15, 0.2) is 29.6 Å². The zero-order chi connectivity index (χ0) is 22.5. The van der Waals surface area contributed by atoms with E-state index in [0.717, 1.165) is 53.1 Å². The summed E-state index contributed by atoms with van der Waals surface area (Å²) in [5.74, 6) is 0.647. The summed E-state index contributed by atoms with van der Waals surface area (Å²) in [6, 6.07) is 8.45. The molecule has 0 spiro atoms. The van der Waals surface area contributed by atoms with E-state index in [9.17, 15) is 9.59 Å². The number of thiophene rings is 2. The molecule has 2 amide bonds. The minimum absolute atomic E-state index is 0.0274. The predicted molar refractivity (Wildman–Crippen MR) is 131 cm³/mol. The third-order valence-corrected chi connectivity index (χ3v) is 9.33. The molecule has 0 unspecified atom stereocenters. The highest BCUT2D eigenvalue weighted by Crippen LogP contribution is 2.37. The molecule has 1 atom stereocenters. The van der Waals surface area contributed by atoms with Gasteiger partial charge in [0.25, 0.3) is 5.91 Å². The lowest BCUT2D eigenvalue weighted by Gasteiger charge is -2.44. The molecule has 1 N–H and O–H groups in total. The Morgan fingerprint density at radius 2 is 2.00 bits per heavy atom. The van der Waals surface area contributed by atoms with Crippen LogP contribution in [0.5, 0.6) is 0 Å². The first kappa shape index (κ1) is 21.7. The number of amides is 2. The second-order valence-corrected chi connectivity index (χ2v) is 11.8. The molecule has 0 bridgehead atoms. The summed E-state index contributed by atoms with van der Waals surface area (Å²) >= 11 is 3.38. The Morgan fingerprint density at radius 3 is 2.69 bits per heavy atom. The highest BCUT2D eigenvalue weighted by Gasteiger charge is 2.48. The molecule has 1 saturated carbocycles. The van der Waals surface area contributed by atoms with Crippen LogP contribution in [0.2, 0.25) is 0 Å². The summed E-state index contributed by atoms with van der Waals surface area (Å²) in [6.07, 6.45) is 5.31. The lowest BCUT2D eigenvalue weighted by Crippen LogP contribution is -2.64. The van der Waals surface area contributed by atoms with Crippen LogP contribution in [0.25, 0.3) is 10.2 Å². The van der Waals surface area contributed by atoms with Gasteiger partial charge in [-0.15, -0.1) is 22.7 Å². The molecule has 7 heteroatoms. The lowest BCUT2D eigenvalue weighted by atomic mass is 9.86. The normalized spacial score (nSPS) is 25.8. The van der Waals surface area contributed by atoms with Gasteiger partial charge in [-0.1, -0.05) is 19.9 Å². The first-order valence-corrected chi connectivity index (χ1v) is 13.4. The molecule has 1 aliphatic carbocycles. The van der Waals surface area contributed by atoms with Crippen molar-refractivity contribution < 1.29 is 9.59 Å². The minimum Gasteiger partial charge on any atom is -0.351 e. The quantitative estimate of drug-likeness (QED) is 0.541. The molecule has 1 fully saturated rings. The fourth-order valence-corrected chi connectivity index (χ4v) is 6.85. The molecule has 0 aromatic carbocycles. The predicted octanol–water partition coefficient (Wildman–Crippen LogP) is 5.44. The average Bonchev–Trinajstić information content (AvgIpc) is 3.50. The second kappa shape index (κ2) is 8.34. The van der Waals surface area contributed by atoms with Crippen molar-refractivity contribution in [2.75, 3.05) is 0 Å². The van der Waals surface area contributed by atoms with Gasteiger partial charge in [0.2, 0.25) is 5.91 Å². The van der Waals surface area contributed by atoms with Crippen LogP contribution in [0.1, 0.15) is 66.7 Å². The largest absolute Gasteiger partial charge is 0.351 e. The molecular formula is C25H31N3O2S2. The van der Waals surface area contributed by atoms with Crippen molar-refractivity contribution >= 4 is 44.7 Å². The van der Waals surface area contributed by atoms with Crippen LogP contribution in [0.4, 0.5) is 0 Å². The molecule has 1 aliphatic heterocycles. The molecule has 2 aliphatic rings. The van der Waals surface area contributed by atoms with Crippen LogP contribution < -0.4 is 5.32 Å². The van der Waals surface area contributed by atoms with Crippen molar-refractivity contribution in [1.29, 1.82) is 0 Å². The van der Waals surface area contributed by atoms with Crippen molar-refractivity contribution in [2.24, 2.45) is 5.92 Å². The molecule has 32 heavy (non-hydrogen) atoms. The Kier molecular flexibility index (Phi) is 5.66. The Labute approximate surface area is 197 Å². The van der Waals surface area contributed by atoms with Gasteiger partial charge < -0.3 is 14.8 Å². The standard InChI is InChI=1S/C25H31N3O2S2/c1-4-18-12-20-22(32-18)13-21-23(29)28(14-19-6-5-11-31-19)25(3,15-27(20)21)24(30)26-17-9-7-16(2)8-10-17/h5-6,11-13,16-17H,4,7-10,14-15H2,1-3H3,(H,26,30)/t16?,17?,25-/m0/s1. The van der Waals surface area contributed by atoms with E-state index in [-0.39, 0.29) is 17.9 Å². The monoisotopic (exact) mass is 469 g/mol. The van der Waals surface area contributed by atoms with E-state index in [1.165, 1.54) is 4.88 Å². The molecular weight excluding hydrogens is 438 g/mol. The first-order chi connectivity index (χ1) is 15.4. The maximum atomic E-state index is 13.8. The Hall–Kier alpha value is -2.12. The SMILES string of the molecule is CCc1cc2c(cc3n2C[C@@](C)(C(=O)NC2CCC(C)CC2)N(Cc2cccs2)C3=O)s1. The van der Waals surface area contributed by atoms with E-state index in [1.54, 1.807) is 27.6 Å². The molecule has 5 rings (SSSR count). The van der Waals surface area contributed by atoms with Gasteiger partial charge in [-0.3, -0.25) is 9.59 Å². The number of hydrogen-bond donors (Lipinski definition) is 1. The Morgan fingerprint density at radius 1 is 1.22 bits per heavy atom.